The van der Waals surface area contributed by atoms with Crippen LogP contribution in [0.5, 0.6) is 11.5 Å². The fourth-order valence-electron chi connectivity index (χ4n) is 3.75. The number of carbonyl (C=O) groups excluding carboxylic acids is 1. The zero-order chi connectivity index (χ0) is 19.8. The summed E-state index contributed by atoms with van der Waals surface area (Å²) in [4.78, 5) is 14.9. The molecule has 28 heavy (non-hydrogen) atoms. The van der Waals surface area contributed by atoms with Gasteiger partial charge in [0.15, 0.2) is 0 Å². The molecule has 1 aliphatic heterocycles. The topological polar surface area (TPSA) is 60.8 Å². The van der Waals surface area contributed by atoms with Crippen LogP contribution >= 0.6 is 11.6 Å². The Morgan fingerprint density at radius 1 is 1.07 bits per heavy atom. The quantitative estimate of drug-likeness (QED) is 0.612. The van der Waals surface area contributed by atoms with Gasteiger partial charge in [-0.15, -0.1) is 0 Å². The van der Waals surface area contributed by atoms with Gasteiger partial charge in [-0.3, -0.25) is 4.79 Å². The summed E-state index contributed by atoms with van der Waals surface area (Å²) in [6.45, 7) is 2.00. The Balaban J connectivity index is 1.76. The van der Waals surface area contributed by atoms with Gasteiger partial charge in [-0.2, -0.15) is 0 Å². The number of phenols is 2. The molecule has 4 rings (SSSR count). The van der Waals surface area contributed by atoms with Crippen molar-refractivity contribution in [1.29, 1.82) is 0 Å². The first kappa shape index (κ1) is 18.4. The van der Waals surface area contributed by atoms with Gasteiger partial charge in [-0.25, -0.2) is 0 Å². The molecule has 0 fully saturated rings. The molecule has 0 aromatic heterocycles. The van der Waals surface area contributed by atoms with Crippen molar-refractivity contribution < 1.29 is 15.0 Å². The number of halogens is 1. The van der Waals surface area contributed by atoms with Crippen LogP contribution in [0, 0.1) is 0 Å². The molecule has 0 unspecified atom stereocenters. The number of aromatic hydroxyl groups is 2. The van der Waals surface area contributed by atoms with Crippen molar-refractivity contribution in [2.75, 3.05) is 4.90 Å². The van der Waals surface area contributed by atoms with Crippen LogP contribution in [0.15, 0.2) is 60.7 Å². The highest BCUT2D eigenvalue weighted by Crippen LogP contribution is 2.37. The van der Waals surface area contributed by atoms with Crippen LogP contribution in [0.1, 0.15) is 29.3 Å². The second-order valence-corrected chi connectivity index (χ2v) is 7.49. The number of carbonyl (C=O) groups is 1. The molecule has 0 aliphatic carbocycles. The van der Waals surface area contributed by atoms with Crippen molar-refractivity contribution in [3.8, 4) is 22.6 Å². The average molecular weight is 394 g/mol. The van der Waals surface area contributed by atoms with Gasteiger partial charge in [0.2, 0.25) is 0 Å². The lowest BCUT2D eigenvalue weighted by molar-refractivity contribution is 0.0972. The molecule has 142 valence electrons. The number of amides is 1. The monoisotopic (exact) mass is 393 g/mol. The number of rotatable bonds is 2. The fraction of sp³-hybridized carbons (Fsp3) is 0.174. The van der Waals surface area contributed by atoms with Crippen molar-refractivity contribution in [2.45, 2.75) is 25.8 Å². The van der Waals surface area contributed by atoms with Crippen LogP contribution in [0.25, 0.3) is 11.1 Å². The Bertz CT molecular complexity index is 1060. The fourth-order valence-corrected chi connectivity index (χ4v) is 4.00. The summed E-state index contributed by atoms with van der Waals surface area (Å²) in [5.41, 5.74) is 4.06. The predicted octanol–water partition coefficient (Wildman–Crippen LogP) is 5.40. The zero-order valence-electron chi connectivity index (χ0n) is 15.4. The standard InChI is InChI=1S/C23H20ClNO3/c1-14-6-7-16-12-15(18-4-2-3-5-20(18)24)8-11-21(16)25(14)23(28)19-10-9-17(26)13-22(19)27/h2-5,8-14,26-27H,6-7H2,1H3/t14-/m0/s1. The number of anilines is 1. The second kappa shape index (κ2) is 7.21. The van der Waals surface area contributed by atoms with E-state index in [4.69, 9.17) is 11.6 Å². The molecule has 1 heterocycles. The lowest BCUT2D eigenvalue weighted by atomic mass is 9.92. The van der Waals surface area contributed by atoms with Crippen LogP contribution < -0.4 is 4.90 Å². The van der Waals surface area contributed by atoms with Gasteiger partial charge >= 0.3 is 0 Å². The summed E-state index contributed by atoms with van der Waals surface area (Å²) >= 11 is 6.34. The third kappa shape index (κ3) is 3.20. The Morgan fingerprint density at radius 3 is 2.61 bits per heavy atom. The molecule has 5 heteroatoms. The van der Waals surface area contributed by atoms with E-state index in [0.29, 0.717) is 5.02 Å². The first-order valence-electron chi connectivity index (χ1n) is 9.19. The van der Waals surface area contributed by atoms with Gasteiger partial charge in [0.05, 0.1) is 5.56 Å². The Morgan fingerprint density at radius 2 is 1.86 bits per heavy atom. The minimum Gasteiger partial charge on any atom is -0.508 e. The summed E-state index contributed by atoms with van der Waals surface area (Å²) in [6.07, 6.45) is 1.68. The normalized spacial score (nSPS) is 15.9. The van der Waals surface area contributed by atoms with E-state index in [-0.39, 0.29) is 29.0 Å². The Kier molecular flexibility index (Phi) is 4.73. The minimum absolute atomic E-state index is 0.000587. The molecule has 0 spiro atoms. The van der Waals surface area contributed by atoms with Crippen molar-refractivity contribution >= 4 is 23.2 Å². The highest BCUT2D eigenvalue weighted by atomic mass is 35.5. The van der Waals surface area contributed by atoms with E-state index < -0.39 is 0 Å². The van der Waals surface area contributed by atoms with Gasteiger partial charge in [0.1, 0.15) is 11.5 Å². The van der Waals surface area contributed by atoms with E-state index >= 15 is 0 Å². The van der Waals surface area contributed by atoms with E-state index in [9.17, 15) is 15.0 Å². The number of nitrogens with zero attached hydrogens (tertiary/aromatic N) is 1. The molecular weight excluding hydrogens is 374 g/mol. The molecule has 3 aromatic rings. The molecule has 3 aromatic carbocycles. The minimum atomic E-state index is -0.281. The first-order chi connectivity index (χ1) is 13.5. The summed E-state index contributed by atoms with van der Waals surface area (Å²) in [5, 5.41) is 20.3. The van der Waals surface area contributed by atoms with Crippen molar-refractivity contribution in [1.82, 2.24) is 0 Å². The van der Waals surface area contributed by atoms with Crippen LogP contribution in [-0.4, -0.2) is 22.2 Å². The predicted molar refractivity (Wildman–Crippen MR) is 111 cm³/mol. The third-order valence-electron chi connectivity index (χ3n) is 5.23. The van der Waals surface area contributed by atoms with Crippen molar-refractivity contribution in [2.24, 2.45) is 0 Å². The summed E-state index contributed by atoms with van der Waals surface area (Å²) in [7, 11) is 0. The molecule has 0 radical (unpaired) electrons. The van der Waals surface area contributed by atoms with Gasteiger partial charge in [0.25, 0.3) is 5.91 Å². The van der Waals surface area contributed by atoms with Crippen LogP contribution in [0.4, 0.5) is 5.69 Å². The molecule has 1 atom stereocenters. The smallest absolute Gasteiger partial charge is 0.262 e. The lowest BCUT2D eigenvalue weighted by Gasteiger charge is -2.35. The number of hydrogen-bond donors (Lipinski definition) is 2. The summed E-state index contributed by atoms with van der Waals surface area (Å²) in [6, 6.07) is 17.7. The molecular formula is C23H20ClNO3. The first-order valence-corrected chi connectivity index (χ1v) is 9.57. The molecule has 0 saturated heterocycles. The summed E-state index contributed by atoms with van der Waals surface area (Å²) < 4.78 is 0. The number of aryl methyl sites for hydroxylation is 1. The molecule has 2 N–H and O–H groups in total. The Labute approximate surface area is 168 Å². The molecule has 4 nitrogen and oxygen atoms in total. The van der Waals surface area contributed by atoms with Crippen molar-refractivity contribution in [3.63, 3.8) is 0 Å². The number of benzene rings is 3. The van der Waals surface area contributed by atoms with E-state index in [1.165, 1.54) is 18.2 Å². The molecule has 1 amide bonds. The third-order valence-corrected chi connectivity index (χ3v) is 5.56. The van der Waals surface area contributed by atoms with Gasteiger partial charge in [0, 0.05) is 28.4 Å². The maximum atomic E-state index is 13.2. The highest BCUT2D eigenvalue weighted by Gasteiger charge is 2.30. The largest absolute Gasteiger partial charge is 0.508 e. The van der Waals surface area contributed by atoms with Gasteiger partial charge < -0.3 is 15.1 Å². The lowest BCUT2D eigenvalue weighted by Crippen LogP contribution is -2.42. The maximum absolute atomic E-state index is 13.2. The average Bonchev–Trinajstić information content (AvgIpc) is 2.67. The second-order valence-electron chi connectivity index (χ2n) is 7.09. The van der Waals surface area contributed by atoms with E-state index in [1.54, 1.807) is 4.90 Å². The van der Waals surface area contributed by atoms with Crippen molar-refractivity contribution in [3.05, 3.63) is 76.8 Å². The van der Waals surface area contributed by atoms with E-state index in [1.807, 2.05) is 43.3 Å². The maximum Gasteiger partial charge on any atom is 0.262 e. The number of fused-ring (bicyclic) bond motifs is 1. The van der Waals surface area contributed by atoms with Gasteiger partial charge in [-0.05, 0) is 61.2 Å². The van der Waals surface area contributed by atoms with Crippen LogP contribution in [0.3, 0.4) is 0 Å². The van der Waals surface area contributed by atoms with E-state index in [2.05, 4.69) is 6.07 Å². The van der Waals surface area contributed by atoms with Crippen LogP contribution in [0.2, 0.25) is 5.02 Å². The SMILES string of the molecule is C[C@H]1CCc2cc(-c3ccccc3Cl)ccc2N1C(=O)c1ccc(O)cc1O. The highest BCUT2D eigenvalue weighted by molar-refractivity contribution is 6.33. The molecule has 1 aliphatic rings. The molecule has 0 saturated carbocycles. The van der Waals surface area contributed by atoms with E-state index in [0.717, 1.165) is 35.2 Å². The number of phenolic OH excluding ortho intramolecular Hbond substituents is 2. The van der Waals surface area contributed by atoms with Gasteiger partial charge in [-0.1, -0.05) is 35.9 Å². The number of hydrogen-bond acceptors (Lipinski definition) is 3. The molecule has 0 bridgehead atoms. The zero-order valence-corrected chi connectivity index (χ0v) is 16.1. The summed E-state index contributed by atoms with van der Waals surface area (Å²) in [5.74, 6) is -0.584. The van der Waals surface area contributed by atoms with Crippen LogP contribution in [-0.2, 0) is 6.42 Å². The Hall–Kier alpha value is -2.98.